The number of thiazole rings is 1. The summed E-state index contributed by atoms with van der Waals surface area (Å²) in [6.45, 7) is 2.06. The van der Waals surface area contributed by atoms with Crippen LogP contribution in [0.5, 0.6) is 0 Å². The molecule has 0 bridgehead atoms. The van der Waals surface area contributed by atoms with Crippen molar-refractivity contribution in [3.63, 3.8) is 0 Å². The Bertz CT molecular complexity index is 528. The van der Waals surface area contributed by atoms with Crippen LogP contribution >= 0.6 is 22.9 Å². The fourth-order valence-corrected chi connectivity index (χ4v) is 3.35. The summed E-state index contributed by atoms with van der Waals surface area (Å²) in [6.07, 6.45) is 5.26. The summed E-state index contributed by atoms with van der Waals surface area (Å²) in [6, 6.07) is 4.12. The predicted octanol–water partition coefficient (Wildman–Crippen LogP) is 4.60. The Balaban J connectivity index is 1.98. The Kier molecular flexibility index (Phi) is 2.64. The first kappa shape index (κ1) is 10.5. The van der Waals surface area contributed by atoms with Gasteiger partial charge in [-0.05, 0) is 43.4 Å². The number of nitrogens with zero attached hydrogens (tertiary/aromatic N) is 1. The molecule has 1 nitrogen and oxygen atoms in total. The third kappa shape index (κ3) is 2.09. The molecule has 1 fully saturated rings. The van der Waals surface area contributed by atoms with E-state index in [1.807, 2.05) is 6.07 Å². The van der Waals surface area contributed by atoms with E-state index in [4.69, 9.17) is 11.6 Å². The molecule has 0 radical (unpaired) electrons. The van der Waals surface area contributed by atoms with Crippen LogP contribution in [0.2, 0.25) is 5.02 Å². The molecule has 1 heterocycles. The Labute approximate surface area is 104 Å². The molecular weight excluding hydrogens is 238 g/mol. The number of hydrogen-bond acceptors (Lipinski definition) is 2. The standard InChI is InChI=1S/C13H14ClNS/c1-8-15-13-10(5-4-9-2-3-9)6-11(14)7-12(13)16-8/h6-7,9H,2-5H2,1H3. The molecule has 0 unspecified atom stereocenters. The lowest BCUT2D eigenvalue weighted by molar-refractivity contribution is 0.729. The van der Waals surface area contributed by atoms with Gasteiger partial charge < -0.3 is 0 Å². The molecule has 0 amide bonds. The van der Waals surface area contributed by atoms with Gasteiger partial charge in [0.1, 0.15) is 0 Å². The SMILES string of the molecule is Cc1nc2c(CCC3CC3)cc(Cl)cc2s1. The summed E-state index contributed by atoms with van der Waals surface area (Å²) in [5, 5.41) is 1.98. The number of aryl methyl sites for hydroxylation is 2. The van der Waals surface area contributed by atoms with Crippen molar-refractivity contribution >= 4 is 33.2 Å². The first-order chi connectivity index (χ1) is 7.72. The molecule has 2 aromatic rings. The molecule has 1 aliphatic carbocycles. The molecule has 16 heavy (non-hydrogen) atoms. The Morgan fingerprint density at radius 3 is 3.00 bits per heavy atom. The Morgan fingerprint density at radius 1 is 1.44 bits per heavy atom. The molecule has 0 atom stereocenters. The first-order valence-corrected chi connectivity index (χ1v) is 6.97. The maximum Gasteiger partial charge on any atom is 0.0907 e. The summed E-state index contributed by atoms with van der Waals surface area (Å²) >= 11 is 7.88. The van der Waals surface area contributed by atoms with Crippen molar-refractivity contribution in [2.45, 2.75) is 32.6 Å². The highest BCUT2D eigenvalue weighted by Crippen LogP contribution is 2.35. The zero-order chi connectivity index (χ0) is 11.1. The Morgan fingerprint density at radius 2 is 2.25 bits per heavy atom. The molecule has 0 N–H and O–H groups in total. The van der Waals surface area contributed by atoms with Gasteiger partial charge in [-0.15, -0.1) is 11.3 Å². The fraction of sp³-hybridized carbons (Fsp3) is 0.462. The van der Waals surface area contributed by atoms with Crippen molar-refractivity contribution in [3.05, 3.63) is 27.7 Å². The van der Waals surface area contributed by atoms with E-state index in [0.717, 1.165) is 22.4 Å². The highest BCUT2D eigenvalue weighted by Gasteiger charge is 2.21. The minimum absolute atomic E-state index is 0.849. The van der Waals surface area contributed by atoms with Crippen LogP contribution in [0.15, 0.2) is 12.1 Å². The highest BCUT2D eigenvalue weighted by atomic mass is 35.5. The van der Waals surface area contributed by atoms with E-state index >= 15 is 0 Å². The summed E-state index contributed by atoms with van der Waals surface area (Å²) in [5.41, 5.74) is 2.51. The number of hydrogen-bond donors (Lipinski definition) is 0. The second kappa shape index (κ2) is 4.01. The third-order valence-corrected chi connectivity index (χ3v) is 4.30. The number of rotatable bonds is 3. The zero-order valence-electron chi connectivity index (χ0n) is 9.29. The van der Waals surface area contributed by atoms with Gasteiger partial charge in [-0.1, -0.05) is 24.4 Å². The lowest BCUT2D eigenvalue weighted by atomic mass is 10.1. The number of halogens is 1. The first-order valence-electron chi connectivity index (χ1n) is 5.78. The van der Waals surface area contributed by atoms with E-state index in [0.29, 0.717) is 0 Å². The highest BCUT2D eigenvalue weighted by molar-refractivity contribution is 7.18. The molecule has 0 saturated heterocycles. The lowest BCUT2D eigenvalue weighted by Crippen LogP contribution is -1.89. The molecule has 1 aromatic heterocycles. The maximum atomic E-state index is 6.14. The normalized spacial score (nSPS) is 15.9. The van der Waals surface area contributed by atoms with E-state index in [1.54, 1.807) is 11.3 Å². The van der Waals surface area contributed by atoms with Crippen LogP contribution in [-0.4, -0.2) is 4.98 Å². The average Bonchev–Trinajstić information content (AvgIpc) is 2.97. The number of fused-ring (bicyclic) bond motifs is 1. The summed E-state index contributed by atoms with van der Waals surface area (Å²) in [7, 11) is 0. The van der Waals surface area contributed by atoms with Crippen LogP contribution in [-0.2, 0) is 6.42 Å². The number of benzene rings is 1. The van der Waals surface area contributed by atoms with Crippen LogP contribution < -0.4 is 0 Å². The molecule has 3 rings (SSSR count). The van der Waals surface area contributed by atoms with Gasteiger partial charge >= 0.3 is 0 Å². The quantitative estimate of drug-likeness (QED) is 0.777. The number of aromatic nitrogens is 1. The van der Waals surface area contributed by atoms with E-state index in [2.05, 4.69) is 18.0 Å². The second-order valence-electron chi connectivity index (χ2n) is 4.63. The summed E-state index contributed by atoms with van der Waals surface area (Å²) < 4.78 is 1.23. The molecule has 0 spiro atoms. The van der Waals surface area contributed by atoms with Gasteiger partial charge in [-0.3, -0.25) is 0 Å². The van der Waals surface area contributed by atoms with Crippen LogP contribution in [0.3, 0.4) is 0 Å². The van der Waals surface area contributed by atoms with Crippen molar-refractivity contribution in [3.8, 4) is 0 Å². The van der Waals surface area contributed by atoms with Crippen molar-refractivity contribution in [2.24, 2.45) is 5.92 Å². The van der Waals surface area contributed by atoms with Crippen molar-refractivity contribution < 1.29 is 0 Å². The van der Waals surface area contributed by atoms with Crippen LogP contribution in [0, 0.1) is 12.8 Å². The van der Waals surface area contributed by atoms with Crippen molar-refractivity contribution in [2.75, 3.05) is 0 Å². The summed E-state index contributed by atoms with van der Waals surface area (Å²) in [4.78, 5) is 4.61. The van der Waals surface area contributed by atoms with Gasteiger partial charge in [0.25, 0.3) is 0 Å². The Hall–Kier alpha value is -0.600. The van der Waals surface area contributed by atoms with E-state index < -0.39 is 0 Å². The van der Waals surface area contributed by atoms with Crippen LogP contribution in [0.1, 0.15) is 29.8 Å². The molecule has 1 aliphatic rings. The molecule has 1 saturated carbocycles. The minimum Gasteiger partial charge on any atom is -0.241 e. The molecule has 3 heteroatoms. The molecular formula is C13H14ClNS. The topological polar surface area (TPSA) is 12.9 Å². The smallest absolute Gasteiger partial charge is 0.0907 e. The minimum atomic E-state index is 0.849. The van der Waals surface area contributed by atoms with Gasteiger partial charge in [-0.25, -0.2) is 4.98 Å². The van der Waals surface area contributed by atoms with Crippen LogP contribution in [0.4, 0.5) is 0 Å². The van der Waals surface area contributed by atoms with Gasteiger partial charge in [0.05, 0.1) is 15.2 Å². The van der Waals surface area contributed by atoms with E-state index in [9.17, 15) is 0 Å². The maximum absolute atomic E-state index is 6.14. The molecule has 1 aromatic carbocycles. The van der Waals surface area contributed by atoms with Crippen molar-refractivity contribution in [1.29, 1.82) is 0 Å². The van der Waals surface area contributed by atoms with E-state index in [1.165, 1.54) is 35.0 Å². The third-order valence-electron chi connectivity index (χ3n) is 3.16. The second-order valence-corrected chi connectivity index (χ2v) is 6.30. The van der Waals surface area contributed by atoms with Gasteiger partial charge in [0.15, 0.2) is 0 Å². The predicted molar refractivity (Wildman–Crippen MR) is 70.4 cm³/mol. The van der Waals surface area contributed by atoms with Crippen LogP contribution in [0.25, 0.3) is 10.2 Å². The van der Waals surface area contributed by atoms with Crippen molar-refractivity contribution in [1.82, 2.24) is 4.98 Å². The van der Waals surface area contributed by atoms with Gasteiger partial charge in [-0.2, -0.15) is 0 Å². The van der Waals surface area contributed by atoms with Gasteiger partial charge in [0.2, 0.25) is 0 Å². The lowest BCUT2D eigenvalue weighted by Gasteiger charge is -2.02. The summed E-state index contributed by atoms with van der Waals surface area (Å²) in [5.74, 6) is 0.966. The monoisotopic (exact) mass is 251 g/mol. The zero-order valence-corrected chi connectivity index (χ0v) is 10.9. The fourth-order valence-electron chi connectivity index (χ4n) is 2.13. The molecule has 0 aliphatic heterocycles. The van der Waals surface area contributed by atoms with Gasteiger partial charge in [0, 0.05) is 5.02 Å². The largest absolute Gasteiger partial charge is 0.241 e. The van der Waals surface area contributed by atoms with E-state index in [-0.39, 0.29) is 0 Å². The molecule has 84 valence electrons. The average molecular weight is 252 g/mol.